The molecular formula is C30H58O2. The van der Waals surface area contributed by atoms with Gasteiger partial charge in [0.15, 0.2) is 0 Å². The molecule has 0 aliphatic rings. The second-order valence-electron chi connectivity index (χ2n) is 9.97. The van der Waals surface area contributed by atoms with Gasteiger partial charge in [-0.25, -0.2) is 0 Å². The van der Waals surface area contributed by atoms with Crippen molar-refractivity contribution in [3.8, 4) is 0 Å². The lowest BCUT2D eigenvalue weighted by atomic mass is 10.0. The predicted molar refractivity (Wildman–Crippen MR) is 142 cm³/mol. The molecular weight excluding hydrogens is 392 g/mol. The average molecular weight is 451 g/mol. The van der Waals surface area contributed by atoms with E-state index >= 15 is 0 Å². The van der Waals surface area contributed by atoms with Gasteiger partial charge < -0.3 is 5.11 Å². The molecule has 2 heteroatoms. The predicted octanol–water partition coefficient (Wildman–Crippen LogP) is 10.8. The fourth-order valence-electron chi connectivity index (χ4n) is 4.47. The number of hydrogen-bond donors (Lipinski definition) is 1. The maximum Gasteiger partial charge on any atom is 0.303 e. The third kappa shape index (κ3) is 29.2. The van der Waals surface area contributed by atoms with E-state index in [-0.39, 0.29) is 0 Å². The summed E-state index contributed by atoms with van der Waals surface area (Å²) in [5.41, 5.74) is 0. The van der Waals surface area contributed by atoms with E-state index in [0.717, 1.165) is 12.8 Å². The summed E-state index contributed by atoms with van der Waals surface area (Å²) in [6.07, 6.45) is 39.0. The zero-order chi connectivity index (χ0) is 23.4. The van der Waals surface area contributed by atoms with Crippen molar-refractivity contribution in [1.82, 2.24) is 0 Å². The molecule has 0 radical (unpaired) electrons. The Balaban J connectivity index is 3.05. The first kappa shape index (κ1) is 31.2. The molecule has 0 amide bonds. The molecule has 0 aliphatic carbocycles. The number of aliphatic carboxylic acids is 1. The molecule has 190 valence electrons. The van der Waals surface area contributed by atoms with Crippen LogP contribution in [0, 0.1) is 0 Å². The Hall–Kier alpha value is -0.790. The average Bonchev–Trinajstić information content (AvgIpc) is 2.78. The zero-order valence-corrected chi connectivity index (χ0v) is 21.9. The number of carboxylic acid groups (broad SMARTS) is 1. The maximum absolute atomic E-state index is 10.4. The Labute approximate surface area is 202 Å². The molecule has 0 aromatic heterocycles. The molecule has 0 spiro atoms. The molecule has 32 heavy (non-hydrogen) atoms. The Kier molecular flexibility index (Phi) is 27.5. The lowest BCUT2D eigenvalue weighted by Gasteiger charge is -2.04. The van der Waals surface area contributed by atoms with Crippen LogP contribution in [-0.2, 0) is 4.79 Å². The third-order valence-electron chi connectivity index (χ3n) is 6.65. The molecule has 0 unspecified atom stereocenters. The molecule has 0 saturated carbocycles. The van der Waals surface area contributed by atoms with Crippen LogP contribution in [0.3, 0.4) is 0 Å². The highest BCUT2D eigenvalue weighted by molar-refractivity contribution is 5.66. The summed E-state index contributed by atoms with van der Waals surface area (Å²) in [7, 11) is 0. The summed E-state index contributed by atoms with van der Waals surface area (Å²) < 4.78 is 0. The van der Waals surface area contributed by atoms with Crippen LogP contribution in [-0.4, -0.2) is 11.1 Å². The van der Waals surface area contributed by atoms with Crippen LogP contribution in [0.4, 0.5) is 0 Å². The normalized spacial score (nSPS) is 11.5. The zero-order valence-electron chi connectivity index (χ0n) is 21.9. The van der Waals surface area contributed by atoms with Crippen molar-refractivity contribution in [3.63, 3.8) is 0 Å². The van der Waals surface area contributed by atoms with Crippen LogP contribution < -0.4 is 0 Å². The van der Waals surface area contributed by atoms with Crippen molar-refractivity contribution < 1.29 is 9.90 Å². The van der Waals surface area contributed by atoms with Crippen LogP contribution in [0.5, 0.6) is 0 Å². The first-order chi connectivity index (χ1) is 15.8. The van der Waals surface area contributed by atoms with E-state index in [1.165, 1.54) is 148 Å². The fourth-order valence-corrected chi connectivity index (χ4v) is 4.47. The van der Waals surface area contributed by atoms with E-state index in [9.17, 15) is 4.79 Å². The van der Waals surface area contributed by atoms with Crippen LogP contribution in [0.25, 0.3) is 0 Å². The summed E-state index contributed by atoms with van der Waals surface area (Å²) in [5.74, 6) is -0.650. The second-order valence-corrected chi connectivity index (χ2v) is 9.97. The SMILES string of the molecule is CCCCCC/C=C\CCCCCCCCCCCCCCCCCCCCCC(=O)O. The Morgan fingerprint density at radius 1 is 0.469 bits per heavy atom. The summed E-state index contributed by atoms with van der Waals surface area (Å²) in [6, 6.07) is 0. The monoisotopic (exact) mass is 450 g/mol. The van der Waals surface area contributed by atoms with Crippen molar-refractivity contribution in [2.24, 2.45) is 0 Å². The van der Waals surface area contributed by atoms with Crippen molar-refractivity contribution >= 4 is 5.97 Å². The Morgan fingerprint density at radius 2 is 0.750 bits per heavy atom. The largest absolute Gasteiger partial charge is 0.481 e. The van der Waals surface area contributed by atoms with Crippen LogP contribution in [0.2, 0.25) is 0 Å². The molecule has 0 atom stereocenters. The van der Waals surface area contributed by atoms with Crippen LogP contribution in [0.1, 0.15) is 174 Å². The van der Waals surface area contributed by atoms with E-state index in [1.807, 2.05) is 0 Å². The van der Waals surface area contributed by atoms with E-state index in [1.54, 1.807) is 0 Å². The Bertz CT molecular complexity index is 388. The first-order valence-electron chi connectivity index (χ1n) is 14.6. The minimum atomic E-state index is -0.650. The van der Waals surface area contributed by atoms with E-state index < -0.39 is 5.97 Å². The van der Waals surface area contributed by atoms with Gasteiger partial charge in [0.25, 0.3) is 0 Å². The van der Waals surface area contributed by atoms with Crippen LogP contribution >= 0.6 is 0 Å². The molecule has 2 nitrogen and oxygen atoms in total. The molecule has 1 N–H and O–H groups in total. The highest BCUT2D eigenvalue weighted by Gasteiger charge is 1.97. The lowest BCUT2D eigenvalue weighted by Crippen LogP contribution is -1.93. The van der Waals surface area contributed by atoms with Crippen molar-refractivity contribution in [2.75, 3.05) is 0 Å². The molecule has 0 aliphatic heterocycles. The maximum atomic E-state index is 10.4. The van der Waals surface area contributed by atoms with E-state index in [2.05, 4.69) is 19.1 Å². The van der Waals surface area contributed by atoms with E-state index in [0.29, 0.717) is 6.42 Å². The summed E-state index contributed by atoms with van der Waals surface area (Å²) in [4.78, 5) is 10.4. The smallest absolute Gasteiger partial charge is 0.303 e. The van der Waals surface area contributed by atoms with E-state index in [4.69, 9.17) is 5.11 Å². The first-order valence-corrected chi connectivity index (χ1v) is 14.6. The molecule has 0 saturated heterocycles. The minimum Gasteiger partial charge on any atom is -0.481 e. The molecule has 0 heterocycles. The molecule has 0 rings (SSSR count). The van der Waals surface area contributed by atoms with Crippen molar-refractivity contribution in [2.45, 2.75) is 174 Å². The highest BCUT2D eigenvalue weighted by atomic mass is 16.4. The lowest BCUT2D eigenvalue weighted by molar-refractivity contribution is -0.137. The number of carbonyl (C=O) groups is 1. The van der Waals surface area contributed by atoms with Gasteiger partial charge in [0, 0.05) is 6.42 Å². The second kappa shape index (κ2) is 28.2. The van der Waals surface area contributed by atoms with Gasteiger partial charge in [-0.05, 0) is 32.1 Å². The fraction of sp³-hybridized carbons (Fsp3) is 0.900. The van der Waals surface area contributed by atoms with Crippen molar-refractivity contribution in [3.05, 3.63) is 12.2 Å². The summed E-state index contributed by atoms with van der Waals surface area (Å²) in [5, 5.41) is 8.60. The van der Waals surface area contributed by atoms with Crippen molar-refractivity contribution in [1.29, 1.82) is 0 Å². The highest BCUT2D eigenvalue weighted by Crippen LogP contribution is 2.15. The quantitative estimate of drug-likeness (QED) is 0.0997. The van der Waals surface area contributed by atoms with Gasteiger partial charge in [-0.1, -0.05) is 147 Å². The number of rotatable bonds is 27. The minimum absolute atomic E-state index is 0.345. The van der Waals surface area contributed by atoms with Crippen LogP contribution in [0.15, 0.2) is 12.2 Å². The number of allylic oxidation sites excluding steroid dienone is 2. The van der Waals surface area contributed by atoms with Gasteiger partial charge in [-0.2, -0.15) is 0 Å². The number of hydrogen-bond acceptors (Lipinski definition) is 1. The number of unbranched alkanes of at least 4 members (excludes halogenated alkanes) is 23. The third-order valence-corrected chi connectivity index (χ3v) is 6.65. The summed E-state index contributed by atoms with van der Waals surface area (Å²) in [6.45, 7) is 2.28. The molecule has 0 bridgehead atoms. The topological polar surface area (TPSA) is 37.3 Å². The van der Waals surface area contributed by atoms with Gasteiger partial charge in [0.1, 0.15) is 0 Å². The molecule has 0 aromatic carbocycles. The van der Waals surface area contributed by atoms with Gasteiger partial charge >= 0.3 is 5.97 Å². The van der Waals surface area contributed by atoms with Gasteiger partial charge in [0.2, 0.25) is 0 Å². The molecule has 0 aromatic rings. The molecule has 0 fully saturated rings. The van der Waals surface area contributed by atoms with Gasteiger partial charge in [-0.15, -0.1) is 0 Å². The van der Waals surface area contributed by atoms with Gasteiger partial charge in [-0.3, -0.25) is 4.79 Å². The summed E-state index contributed by atoms with van der Waals surface area (Å²) >= 11 is 0. The van der Waals surface area contributed by atoms with Gasteiger partial charge in [0.05, 0.1) is 0 Å². The Morgan fingerprint density at radius 3 is 1.06 bits per heavy atom. The number of carboxylic acids is 1. The standard InChI is InChI=1S/C30H58O2/c1-2-3-4-5-6-7-8-9-10-11-12-13-14-15-16-17-18-19-20-21-22-23-24-25-26-27-28-29-30(31)32/h7-8H,2-6,9-29H2,1H3,(H,31,32)/b8-7-.